The molecule has 0 aromatic heterocycles. The van der Waals surface area contributed by atoms with Crippen molar-refractivity contribution in [2.75, 3.05) is 0 Å². The molecule has 2 heteroatoms. The van der Waals surface area contributed by atoms with E-state index in [9.17, 15) is 9.90 Å². The Morgan fingerprint density at radius 1 is 1.06 bits per heavy atom. The van der Waals surface area contributed by atoms with Crippen molar-refractivity contribution < 1.29 is 9.90 Å². The Bertz CT molecular complexity index is 748. The zero-order chi connectivity index (χ0) is 22.6. The lowest BCUT2D eigenvalue weighted by atomic mass is 9.46. The van der Waals surface area contributed by atoms with Crippen LogP contribution >= 0.6 is 0 Å². The number of carbonyl (C=O) groups excluding carboxylic acids is 1. The smallest absolute Gasteiger partial charge is 0.159 e. The zero-order valence-electron chi connectivity index (χ0n) is 20.9. The molecule has 0 amide bonds. The summed E-state index contributed by atoms with van der Waals surface area (Å²) in [4.78, 5) is 13.5. The average molecular weight is 427 g/mol. The van der Waals surface area contributed by atoms with E-state index < -0.39 is 0 Å². The summed E-state index contributed by atoms with van der Waals surface area (Å²) in [6.07, 6.45) is 15.6. The van der Waals surface area contributed by atoms with E-state index in [-0.39, 0.29) is 22.9 Å². The topological polar surface area (TPSA) is 37.3 Å². The summed E-state index contributed by atoms with van der Waals surface area (Å²) >= 11 is 0. The predicted octanol–water partition coefficient (Wildman–Crippen LogP) is 6.98. The molecule has 0 radical (unpaired) electrons. The van der Waals surface area contributed by atoms with Gasteiger partial charge in [0.1, 0.15) is 0 Å². The highest BCUT2D eigenvalue weighted by molar-refractivity contribution is 5.94. The Balaban J connectivity index is 1.57. The quantitative estimate of drug-likeness (QED) is 0.481. The number of hydrogen-bond acceptors (Lipinski definition) is 2. The summed E-state index contributed by atoms with van der Waals surface area (Å²) in [5.41, 5.74) is 1.68. The van der Waals surface area contributed by atoms with Crippen molar-refractivity contribution in [2.24, 2.45) is 52.3 Å². The molecule has 0 spiro atoms. The van der Waals surface area contributed by atoms with Crippen molar-refractivity contribution in [2.45, 2.75) is 99.0 Å². The van der Waals surface area contributed by atoms with E-state index in [1.165, 1.54) is 37.7 Å². The Hall–Kier alpha value is -0.890. The molecule has 1 N–H and O–H groups in total. The van der Waals surface area contributed by atoms with Crippen LogP contribution in [0, 0.1) is 52.3 Å². The molecule has 4 aliphatic rings. The van der Waals surface area contributed by atoms with Gasteiger partial charge in [-0.2, -0.15) is 0 Å². The highest BCUT2D eigenvalue weighted by Crippen LogP contribution is 2.66. The molecular formula is C29H46O2. The number of aliphatic hydroxyl groups is 1. The van der Waals surface area contributed by atoms with Crippen LogP contribution in [0.1, 0.15) is 92.9 Å². The molecule has 0 unspecified atom stereocenters. The van der Waals surface area contributed by atoms with Gasteiger partial charge in [-0.05, 0) is 104 Å². The molecular weight excluding hydrogens is 380 g/mol. The van der Waals surface area contributed by atoms with E-state index in [2.05, 4.69) is 53.7 Å². The highest BCUT2D eigenvalue weighted by Gasteiger charge is 2.61. The van der Waals surface area contributed by atoms with Gasteiger partial charge < -0.3 is 5.11 Å². The number of rotatable bonds is 5. The molecule has 4 aliphatic carbocycles. The average Bonchev–Trinajstić information content (AvgIpc) is 3.06. The molecule has 0 heterocycles. The molecule has 31 heavy (non-hydrogen) atoms. The normalized spacial score (nSPS) is 44.6. The molecule has 0 aliphatic heterocycles. The predicted molar refractivity (Wildman–Crippen MR) is 129 cm³/mol. The van der Waals surface area contributed by atoms with Gasteiger partial charge >= 0.3 is 0 Å². The first-order valence-electron chi connectivity index (χ1n) is 13.2. The van der Waals surface area contributed by atoms with Crippen LogP contribution < -0.4 is 0 Å². The number of aliphatic hydroxyl groups excluding tert-OH is 1. The molecule has 0 aromatic carbocycles. The maximum absolute atomic E-state index is 13.5. The molecule has 0 bridgehead atoms. The minimum absolute atomic E-state index is 0.133. The van der Waals surface area contributed by atoms with Gasteiger partial charge in [0, 0.05) is 5.92 Å². The van der Waals surface area contributed by atoms with Crippen molar-refractivity contribution in [1.82, 2.24) is 0 Å². The Morgan fingerprint density at radius 2 is 1.81 bits per heavy atom. The number of carbonyl (C=O) groups is 1. The van der Waals surface area contributed by atoms with Gasteiger partial charge in [-0.15, -0.1) is 0 Å². The molecule has 4 rings (SSSR count). The number of allylic oxidation sites excluding steroid dienone is 3. The largest absolute Gasteiger partial charge is 0.393 e. The van der Waals surface area contributed by atoms with E-state index in [4.69, 9.17) is 0 Å². The molecule has 3 fully saturated rings. The SMILES string of the molecule is CC[C@@H](/C=C/[C@@H](C)[C@H]1CC[C@H]2[C@@H]3C(=O)C=C4C[C@@H](O)CC[C@]4(C)[C@H]3CC[C@]12C)C(C)C. The lowest BCUT2D eigenvalue weighted by Crippen LogP contribution is -2.53. The van der Waals surface area contributed by atoms with Crippen LogP contribution in [-0.2, 0) is 4.79 Å². The monoisotopic (exact) mass is 426 g/mol. The van der Waals surface area contributed by atoms with Crippen molar-refractivity contribution in [3.63, 3.8) is 0 Å². The van der Waals surface area contributed by atoms with Gasteiger partial charge in [-0.1, -0.05) is 59.3 Å². The van der Waals surface area contributed by atoms with Crippen molar-refractivity contribution in [3.8, 4) is 0 Å². The Kier molecular flexibility index (Phi) is 6.36. The Morgan fingerprint density at radius 3 is 2.48 bits per heavy atom. The minimum atomic E-state index is -0.251. The van der Waals surface area contributed by atoms with E-state index in [0.29, 0.717) is 47.7 Å². The lowest BCUT2D eigenvalue weighted by Gasteiger charge is -2.57. The fraction of sp³-hybridized carbons (Fsp3) is 0.828. The minimum Gasteiger partial charge on any atom is -0.393 e. The fourth-order valence-electron chi connectivity index (χ4n) is 8.57. The van der Waals surface area contributed by atoms with Crippen LogP contribution in [0.15, 0.2) is 23.8 Å². The number of ketones is 1. The van der Waals surface area contributed by atoms with Crippen LogP contribution in [-0.4, -0.2) is 17.0 Å². The first-order valence-corrected chi connectivity index (χ1v) is 13.2. The van der Waals surface area contributed by atoms with Crippen molar-refractivity contribution in [1.29, 1.82) is 0 Å². The molecule has 174 valence electrons. The van der Waals surface area contributed by atoms with Crippen LogP contribution in [0.25, 0.3) is 0 Å². The second kappa shape index (κ2) is 8.47. The second-order valence-corrected chi connectivity index (χ2v) is 12.4. The van der Waals surface area contributed by atoms with Gasteiger partial charge in [0.15, 0.2) is 5.78 Å². The maximum atomic E-state index is 13.5. The fourth-order valence-corrected chi connectivity index (χ4v) is 8.57. The van der Waals surface area contributed by atoms with E-state index in [1.807, 2.05) is 6.08 Å². The van der Waals surface area contributed by atoms with Crippen molar-refractivity contribution >= 4 is 5.78 Å². The summed E-state index contributed by atoms with van der Waals surface area (Å²) in [6.45, 7) is 14.3. The van der Waals surface area contributed by atoms with E-state index in [1.54, 1.807) is 0 Å². The van der Waals surface area contributed by atoms with Gasteiger partial charge in [0.05, 0.1) is 6.10 Å². The molecule has 2 nitrogen and oxygen atoms in total. The molecule has 3 saturated carbocycles. The third-order valence-corrected chi connectivity index (χ3v) is 10.6. The number of hydrogen-bond donors (Lipinski definition) is 1. The summed E-state index contributed by atoms with van der Waals surface area (Å²) in [7, 11) is 0. The van der Waals surface area contributed by atoms with E-state index >= 15 is 0 Å². The van der Waals surface area contributed by atoms with Crippen LogP contribution in [0.3, 0.4) is 0 Å². The van der Waals surface area contributed by atoms with Crippen LogP contribution in [0.5, 0.6) is 0 Å². The maximum Gasteiger partial charge on any atom is 0.159 e. The van der Waals surface area contributed by atoms with Crippen LogP contribution in [0.4, 0.5) is 0 Å². The summed E-state index contributed by atoms with van der Waals surface area (Å²) in [5.74, 6) is 4.27. The molecule has 9 atom stereocenters. The second-order valence-electron chi connectivity index (χ2n) is 12.4. The van der Waals surface area contributed by atoms with Gasteiger partial charge in [-0.3, -0.25) is 4.79 Å². The molecule has 0 aromatic rings. The van der Waals surface area contributed by atoms with E-state index in [0.717, 1.165) is 12.8 Å². The summed E-state index contributed by atoms with van der Waals surface area (Å²) < 4.78 is 0. The van der Waals surface area contributed by atoms with Crippen LogP contribution in [0.2, 0.25) is 0 Å². The standard InChI is InChI=1S/C29H46O2/c1-7-20(18(2)3)9-8-19(4)23-10-11-24-27-25(13-15-29(23,24)6)28(5)14-12-22(30)16-21(28)17-26(27)31/h8-9,17-20,22-25,27,30H,7,10-16H2,1-6H3/b9-8+/t19-,20+,22+,23-,24+,25+,27+,28+,29-/m1/s1. The van der Waals surface area contributed by atoms with Gasteiger partial charge in [-0.25, -0.2) is 0 Å². The first-order chi connectivity index (χ1) is 14.6. The van der Waals surface area contributed by atoms with Gasteiger partial charge in [0.25, 0.3) is 0 Å². The van der Waals surface area contributed by atoms with Gasteiger partial charge in [0.2, 0.25) is 0 Å². The summed E-state index contributed by atoms with van der Waals surface area (Å²) in [5, 5.41) is 10.2. The third-order valence-electron chi connectivity index (χ3n) is 10.6. The summed E-state index contributed by atoms with van der Waals surface area (Å²) in [6, 6.07) is 0. The first kappa shape index (κ1) is 23.3. The molecule has 0 saturated heterocycles. The lowest BCUT2D eigenvalue weighted by molar-refractivity contribution is -0.134. The highest BCUT2D eigenvalue weighted by atomic mass is 16.3. The Labute approximate surface area is 191 Å². The third kappa shape index (κ3) is 3.79. The van der Waals surface area contributed by atoms with Crippen molar-refractivity contribution in [3.05, 3.63) is 23.8 Å². The zero-order valence-corrected chi connectivity index (χ0v) is 20.9. The number of fused-ring (bicyclic) bond motifs is 5.